The van der Waals surface area contributed by atoms with E-state index in [9.17, 15) is 14.4 Å². The molecule has 0 atom stereocenters. The van der Waals surface area contributed by atoms with E-state index in [1.165, 1.54) is 0 Å². The highest BCUT2D eigenvalue weighted by molar-refractivity contribution is 6.37. The van der Waals surface area contributed by atoms with Crippen LogP contribution in [-0.4, -0.2) is 26.2 Å². The van der Waals surface area contributed by atoms with E-state index in [1.807, 2.05) is 13.8 Å². The number of aromatic amines is 2. The zero-order valence-electron chi connectivity index (χ0n) is 15.7. The average Bonchev–Trinajstić information content (AvgIpc) is 3.10. The standard InChI is InChI=1S/C18H17Cl2N5O4/c1-7(2)10-4-9(23-24-16(10)26)5-11-12(19)6-13(8(3)14(11)20)21-17(27)15-22-18(28)29-25-15/h4,6-7H,5H2,1-3H3,(H,21,27)(H,24,26)(H,22,25,28). The number of nitrogens with zero attached hydrogens (tertiary/aromatic N) is 2. The molecular weight excluding hydrogens is 421 g/mol. The molecule has 0 aliphatic carbocycles. The largest absolute Gasteiger partial charge is 0.439 e. The van der Waals surface area contributed by atoms with Crippen molar-refractivity contribution < 1.29 is 9.32 Å². The Morgan fingerprint density at radius 1 is 1.28 bits per heavy atom. The summed E-state index contributed by atoms with van der Waals surface area (Å²) < 4.78 is 4.32. The van der Waals surface area contributed by atoms with Crippen molar-refractivity contribution in [3.8, 4) is 0 Å². The van der Waals surface area contributed by atoms with Crippen molar-refractivity contribution in [2.24, 2.45) is 0 Å². The van der Waals surface area contributed by atoms with Crippen LogP contribution in [0.5, 0.6) is 0 Å². The second-order valence-electron chi connectivity index (χ2n) is 6.70. The average molecular weight is 438 g/mol. The van der Waals surface area contributed by atoms with Crippen LogP contribution in [0.25, 0.3) is 0 Å². The number of carbonyl (C=O) groups excluding carboxylic acids is 1. The lowest BCUT2D eigenvalue weighted by molar-refractivity contribution is 0.101. The quantitative estimate of drug-likeness (QED) is 0.561. The third-order valence-electron chi connectivity index (χ3n) is 4.33. The van der Waals surface area contributed by atoms with Gasteiger partial charge in [0.1, 0.15) is 0 Å². The van der Waals surface area contributed by atoms with Gasteiger partial charge >= 0.3 is 5.76 Å². The van der Waals surface area contributed by atoms with E-state index in [0.717, 1.165) is 0 Å². The SMILES string of the molecule is Cc1c(NC(=O)c2noc(=O)[nH]2)cc(Cl)c(Cc2cc(C(C)C)c(=O)[nH]n2)c1Cl. The van der Waals surface area contributed by atoms with Crippen molar-refractivity contribution in [3.05, 3.63) is 71.3 Å². The van der Waals surface area contributed by atoms with E-state index in [0.29, 0.717) is 44.5 Å². The van der Waals surface area contributed by atoms with Gasteiger partial charge in [0.25, 0.3) is 11.5 Å². The monoisotopic (exact) mass is 437 g/mol. The molecule has 2 aromatic heterocycles. The zero-order chi connectivity index (χ0) is 21.3. The van der Waals surface area contributed by atoms with Crippen LogP contribution in [0.2, 0.25) is 10.0 Å². The molecule has 0 unspecified atom stereocenters. The molecule has 0 aliphatic rings. The van der Waals surface area contributed by atoms with Gasteiger partial charge in [-0.1, -0.05) is 37.0 Å². The predicted octanol–water partition coefficient (Wildman–Crippen LogP) is 3.03. The second kappa shape index (κ2) is 8.22. The minimum Gasteiger partial charge on any atom is -0.319 e. The van der Waals surface area contributed by atoms with Gasteiger partial charge in [-0.15, -0.1) is 0 Å². The Hall–Kier alpha value is -2.91. The fourth-order valence-electron chi connectivity index (χ4n) is 2.74. The fourth-order valence-corrected chi connectivity index (χ4v) is 3.33. The number of anilines is 1. The fraction of sp³-hybridized carbons (Fsp3) is 0.278. The molecule has 9 nitrogen and oxygen atoms in total. The van der Waals surface area contributed by atoms with E-state index in [1.54, 1.807) is 19.1 Å². The number of benzene rings is 1. The van der Waals surface area contributed by atoms with Crippen LogP contribution in [0.1, 0.15) is 52.8 Å². The van der Waals surface area contributed by atoms with Crippen molar-refractivity contribution in [1.29, 1.82) is 0 Å². The van der Waals surface area contributed by atoms with Gasteiger partial charge < -0.3 is 5.32 Å². The highest BCUT2D eigenvalue weighted by Crippen LogP contribution is 2.35. The Kier molecular flexibility index (Phi) is 5.90. The second-order valence-corrected chi connectivity index (χ2v) is 7.48. The minimum absolute atomic E-state index is 0.0359. The molecule has 0 radical (unpaired) electrons. The molecule has 152 valence electrons. The summed E-state index contributed by atoms with van der Waals surface area (Å²) in [6, 6.07) is 3.27. The van der Waals surface area contributed by atoms with Crippen molar-refractivity contribution in [3.63, 3.8) is 0 Å². The Bertz CT molecular complexity index is 1200. The van der Waals surface area contributed by atoms with E-state index >= 15 is 0 Å². The maximum absolute atomic E-state index is 12.2. The normalized spacial score (nSPS) is 11.1. The first-order valence-corrected chi connectivity index (χ1v) is 9.36. The third kappa shape index (κ3) is 4.41. The summed E-state index contributed by atoms with van der Waals surface area (Å²) in [4.78, 5) is 37.2. The van der Waals surface area contributed by atoms with Gasteiger partial charge in [0.05, 0.1) is 10.7 Å². The lowest BCUT2D eigenvalue weighted by Crippen LogP contribution is -2.17. The lowest BCUT2D eigenvalue weighted by Gasteiger charge is -2.15. The molecule has 0 aliphatic heterocycles. The third-order valence-corrected chi connectivity index (χ3v) is 5.18. The van der Waals surface area contributed by atoms with E-state index in [4.69, 9.17) is 23.2 Å². The van der Waals surface area contributed by atoms with Gasteiger partial charge in [-0.2, -0.15) is 5.10 Å². The molecule has 2 heterocycles. The number of hydrogen-bond acceptors (Lipinski definition) is 6. The maximum Gasteiger partial charge on any atom is 0.439 e. The van der Waals surface area contributed by atoms with Crippen LogP contribution >= 0.6 is 23.2 Å². The van der Waals surface area contributed by atoms with Crippen molar-refractivity contribution in [2.45, 2.75) is 33.1 Å². The van der Waals surface area contributed by atoms with Crippen LogP contribution in [0.15, 0.2) is 26.2 Å². The molecule has 11 heteroatoms. The number of nitrogens with one attached hydrogen (secondary N) is 3. The van der Waals surface area contributed by atoms with E-state index in [-0.39, 0.29) is 17.3 Å². The predicted molar refractivity (Wildman–Crippen MR) is 108 cm³/mol. The molecule has 0 saturated carbocycles. The molecule has 1 aromatic carbocycles. The van der Waals surface area contributed by atoms with Crippen LogP contribution in [0.4, 0.5) is 5.69 Å². The van der Waals surface area contributed by atoms with Gasteiger partial charge in [-0.05, 0) is 41.3 Å². The molecule has 0 spiro atoms. The summed E-state index contributed by atoms with van der Waals surface area (Å²) in [5.41, 5.74) is 2.51. The molecule has 3 N–H and O–H groups in total. The first-order chi connectivity index (χ1) is 13.7. The summed E-state index contributed by atoms with van der Waals surface area (Å²) in [6.45, 7) is 5.54. The molecule has 0 fully saturated rings. The minimum atomic E-state index is -0.840. The molecule has 3 aromatic rings. The van der Waals surface area contributed by atoms with Gasteiger partial charge in [0.2, 0.25) is 5.82 Å². The van der Waals surface area contributed by atoms with E-state index in [2.05, 4.69) is 30.2 Å². The summed E-state index contributed by atoms with van der Waals surface area (Å²) in [6.07, 6.45) is 0.292. The first-order valence-electron chi connectivity index (χ1n) is 8.60. The topological polar surface area (TPSA) is 134 Å². The Labute approximate surface area is 174 Å². The molecule has 0 bridgehead atoms. The summed E-state index contributed by atoms with van der Waals surface area (Å²) in [7, 11) is 0. The zero-order valence-corrected chi connectivity index (χ0v) is 17.2. The number of halogens is 2. The highest BCUT2D eigenvalue weighted by Gasteiger charge is 2.19. The number of hydrogen-bond donors (Lipinski definition) is 3. The van der Waals surface area contributed by atoms with Gasteiger partial charge in [0, 0.05) is 22.7 Å². The molecule has 3 rings (SSSR count). The number of carbonyl (C=O) groups is 1. The van der Waals surface area contributed by atoms with Crippen molar-refractivity contribution in [1.82, 2.24) is 20.3 Å². The first kappa shape index (κ1) is 20.8. The molecule has 0 saturated heterocycles. The molecule has 29 heavy (non-hydrogen) atoms. The molecular formula is C18H17Cl2N5O4. The smallest absolute Gasteiger partial charge is 0.319 e. The number of rotatable bonds is 5. The Morgan fingerprint density at radius 3 is 2.62 bits per heavy atom. The number of amides is 1. The number of aromatic nitrogens is 4. The van der Waals surface area contributed by atoms with Crippen LogP contribution in [0, 0.1) is 6.92 Å². The maximum atomic E-state index is 12.2. The van der Waals surface area contributed by atoms with Crippen LogP contribution in [0.3, 0.4) is 0 Å². The van der Waals surface area contributed by atoms with E-state index < -0.39 is 11.7 Å². The van der Waals surface area contributed by atoms with Crippen molar-refractivity contribution in [2.75, 3.05) is 5.32 Å². The van der Waals surface area contributed by atoms with Crippen LogP contribution in [-0.2, 0) is 6.42 Å². The van der Waals surface area contributed by atoms with Gasteiger partial charge in [-0.3, -0.25) is 19.1 Å². The lowest BCUT2D eigenvalue weighted by atomic mass is 10.0. The Balaban J connectivity index is 1.91. The highest BCUT2D eigenvalue weighted by atomic mass is 35.5. The summed E-state index contributed by atoms with van der Waals surface area (Å²) in [5, 5.41) is 13.1. The summed E-state index contributed by atoms with van der Waals surface area (Å²) in [5.74, 6) is -1.76. The van der Waals surface area contributed by atoms with Crippen molar-refractivity contribution >= 4 is 34.8 Å². The van der Waals surface area contributed by atoms with Gasteiger partial charge in [-0.25, -0.2) is 9.89 Å². The number of H-pyrrole nitrogens is 2. The van der Waals surface area contributed by atoms with Gasteiger partial charge in [0.15, 0.2) is 0 Å². The van der Waals surface area contributed by atoms with Crippen LogP contribution < -0.4 is 16.6 Å². The molecule has 1 amide bonds. The summed E-state index contributed by atoms with van der Waals surface area (Å²) >= 11 is 12.9. The Morgan fingerprint density at radius 2 is 2.00 bits per heavy atom.